The van der Waals surface area contributed by atoms with E-state index < -0.39 is 0 Å². The summed E-state index contributed by atoms with van der Waals surface area (Å²) in [5.74, 6) is 0.748. The Balaban J connectivity index is 2.29. The van der Waals surface area contributed by atoms with Crippen LogP contribution in [0.4, 0.5) is 0 Å². The zero-order valence-electron chi connectivity index (χ0n) is 11.4. The van der Waals surface area contributed by atoms with Crippen molar-refractivity contribution in [2.24, 2.45) is 5.92 Å². The zero-order valence-corrected chi connectivity index (χ0v) is 11.4. The highest BCUT2D eigenvalue weighted by molar-refractivity contribution is 5.20. The Kier molecular flexibility index (Phi) is 6.86. The minimum atomic E-state index is 0.748. The molecule has 0 heterocycles. The molecule has 1 unspecified atom stereocenters. The van der Waals surface area contributed by atoms with E-state index >= 15 is 0 Å². The third-order valence-corrected chi connectivity index (χ3v) is 3.29. The van der Waals surface area contributed by atoms with Gasteiger partial charge >= 0.3 is 0 Å². The lowest BCUT2D eigenvalue weighted by Gasteiger charge is -2.11. The van der Waals surface area contributed by atoms with Crippen molar-refractivity contribution in [1.29, 1.82) is 0 Å². The number of aryl methyl sites for hydroxylation is 1. The van der Waals surface area contributed by atoms with Crippen LogP contribution in [0.2, 0.25) is 0 Å². The van der Waals surface area contributed by atoms with Crippen LogP contribution in [0.3, 0.4) is 0 Å². The van der Waals surface area contributed by atoms with Crippen LogP contribution in [0.5, 0.6) is 0 Å². The Morgan fingerprint density at radius 1 is 1.17 bits per heavy atom. The molecule has 0 radical (unpaired) electrons. The second-order valence-corrected chi connectivity index (χ2v) is 4.85. The standard InChI is InChI=1S/C18H24/c1-4-9-17(5-2)14-12-16(3)13-15-18-10-7-6-8-11-18/h4-11,16H,1-2,12-15H2,3H3/b17-9+. The Bertz CT molecular complexity index is 384. The molecule has 0 amide bonds. The van der Waals surface area contributed by atoms with Gasteiger partial charge in [-0.1, -0.05) is 68.6 Å². The van der Waals surface area contributed by atoms with E-state index in [0.29, 0.717) is 0 Å². The fraction of sp³-hybridized carbons (Fsp3) is 0.333. The van der Waals surface area contributed by atoms with E-state index in [1.807, 2.05) is 12.2 Å². The molecular weight excluding hydrogens is 216 g/mol. The van der Waals surface area contributed by atoms with Crippen molar-refractivity contribution < 1.29 is 0 Å². The fourth-order valence-corrected chi connectivity index (χ4v) is 2.02. The van der Waals surface area contributed by atoms with E-state index in [2.05, 4.69) is 56.5 Å². The molecular formula is C18H24. The molecule has 0 aliphatic heterocycles. The fourth-order valence-electron chi connectivity index (χ4n) is 2.02. The van der Waals surface area contributed by atoms with Gasteiger partial charge in [0.2, 0.25) is 0 Å². The third-order valence-electron chi connectivity index (χ3n) is 3.29. The molecule has 0 N–H and O–H groups in total. The Hall–Kier alpha value is -1.56. The van der Waals surface area contributed by atoms with Gasteiger partial charge in [0.05, 0.1) is 0 Å². The summed E-state index contributed by atoms with van der Waals surface area (Å²) in [5.41, 5.74) is 2.73. The molecule has 0 nitrogen and oxygen atoms in total. The lowest BCUT2D eigenvalue weighted by Crippen LogP contribution is -1.98. The van der Waals surface area contributed by atoms with Crippen molar-refractivity contribution in [1.82, 2.24) is 0 Å². The second kappa shape index (κ2) is 8.52. The normalized spacial score (nSPS) is 13.1. The number of allylic oxidation sites excluding steroid dienone is 4. The maximum absolute atomic E-state index is 3.84. The molecule has 1 rings (SSSR count). The molecule has 96 valence electrons. The lowest BCUT2D eigenvalue weighted by atomic mass is 9.94. The first-order valence-electron chi connectivity index (χ1n) is 6.74. The van der Waals surface area contributed by atoms with E-state index in [-0.39, 0.29) is 0 Å². The van der Waals surface area contributed by atoms with Gasteiger partial charge in [0.15, 0.2) is 0 Å². The molecule has 0 fully saturated rings. The highest BCUT2D eigenvalue weighted by Gasteiger charge is 2.03. The van der Waals surface area contributed by atoms with Crippen LogP contribution in [-0.2, 0) is 6.42 Å². The predicted octanol–water partition coefficient (Wildman–Crippen LogP) is 5.33. The maximum atomic E-state index is 3.84. The van der Waals surface area contributed by atoms with Crippen molar-refractivity contribution in [3.05, 3.63) is 72.9 Å². The van der Waals surface area contributed by atoms with E-state index in [4.69, 9.17) is 0 Å². The van der Waals surface area contributed by atoms with Crippen molar-refractivity contribution in [3.63, 3.8) is 0 Å². The highest BCUT2D eigenvalue weighted by Crippen LogP contribution is 2.18. The molecule has 0 saturated heterocycles. The SMILES string of the molecule is C=C/C=C(\C=C)CCC(C)CCc1ccccc1. The minimum Gasteiger partial charge on any atom is -0.0991 e. The summed E-state index contributed by atoms with van der Waals surface area (Å²) in [4.78, 5) is 0. The van der Waals surface area contributed by atoms with Gasteiger partial charge in [-0.15, -0.1) is 0 Å². The van der Waals surface area contributed by atoms with E-state index in [1.165, 1.54) is 30.4 Å². The van der Waals surface area contributed by atoms with Crippen LogP contribution in [-0.4, -0.2) is 0 Å². The van der Waals surface area contributed by atoms with Crippen molar-refractivity contribution in [2.75, 3.05) is 0 Å². The smallest absolute Gasteiger partial charge is 0.0276 e. The van der Waals surface area contributed by atoms with Gasteiger partial charge in [-0.05, 0) is 42.7 Å². The molecule has 1 atom stereocenters. The van der Waals surface area contributed by atoms with Crippen LogP contribution < -0.4 is 0 Å². The topological polar surface area (TPSA) is 0 Å². The maximum Gasteiger partial charge on any atom is -0.0276 e. The summed E-state index contributed by atoms with van der Waals surface area (Å²) >= 11 is 0. The summed E-state index contributed by atoms with van der Waals surface area (Å²) < 4.78 is 0. The molecule has 0 aromatic heterocycles. The summed E-state index contributed by atoms with van der Waals surface area (Å²) in [7, 11) is 0. The molecule has 0 heteroatoms. The van der Waals surface area contributed by atoms with E-state index in [0.717, 1.165) is 12.3 Å². The first kappa shape index (κ1) is 14.5. The summed E-state index contributed by atoms with van der Waals surface area (Å²) in [6, 6.07) is 10.7. The Labute approximate surface area is 112 Å². The van der Waals surface area contributed by atoms with Crippen molar-refractivity contribution >= 4 is 0 Å². The van der Waals surface area contributed by atoms with Crippen LogP contribution >= 0.6 is 0 Å². The minimum absolute atomic E-state index is 0.748. The Morgan fingerprint density at radius 3 is 2.50 bits per heavy atom. The van der Waals surface area contributed by atoms with Crippen LogP contribution in [0.15, 0.2) is 67.3 Å². The van der Waals surface area contributed by atoms with Crippen molar-refractivity contribution in [2.45, 2.75) is 32.6 Å². The van der Waals surface area contributed by atoms with Gasteiger partial charge in [-0.2, -0.15) is 0 Å². The first-order chi connectivity index (χ1) is 8.76. The van der Waals surface area contributed by atoms with Gasteiger partial charge in [-0.25, -0.2) is 0 Å². The Morgan fingerprint density at radius 2 is 1.89 bits per heavy atom. The largest absolute Gasteiger partial charge is 0.0991 e. The monoisotopic (exact) mass is 240 g/mol. The van der Waals surface area contributed by atoms with Gasteiger partial charge in [-0.3, -0.25) is 0 Å². The third kappa shape index (κ3) is 5.67. The predicted molar refractivity (Wildman–Crippen MR) is 81.6 cm³/mol. The van der Waals surface area contributed by atoms with E-state index in [9.17, 15) is 0 Å². The zero-order chi connectivity index (χ0) is 13.2. The average molecular weight is 240 g/mol. The average Bonchev–Trinajstić information content (AvgIpc) is 2.42. The molecule has 18 heavy (non-hydrogen) atoms. The molecule has 1 aromatic carbocycles. The summed E-state index contributed by atoms with van der Waals surface area (Å²) in [5, 5.41) is 0. The number of rotatable bonds is 8. The number of hydrogen-bond acceptors (Lipinski definition) is 0. The first-order valence-corrected chi connectivity index (χ1v) is 6.74. The summed E-state index contributed by atoms with van der Waals surface area (Å²) in [6.07, 6.45) is 10.6. The van der Waals surface area contributed by atoms with Gasteiger partial charge in [0.1, 0.15) is 0 Å². The highest BCUT2D eigenvalue weighted by atomic mass is 14.1. The number of hydrogen-bond donors (Lipinski definition) is 0. The molecule has 0 spiro atoms. The van der Waals surface area contributed by atoms with Crippen LogP contribution in [0, 0.1) is 5.92 Å². The second-order valence-electron chi connectivity index (χ2n) is 4.85. The molecule has 0 aliphatic rings. The van der Waals surface area contributed by atoms with Gasteiger partial charge < -0.3 is 0 Å². The van der Waals surface area contributed by atoms with Crippen LogP contribution in [0.1, 0.15) is 31.7 Å². The number of benzene rings is 1. The van der Waals surface area contributed by atoms with Gasteiger partial charge in [0, 0.05) is 0 Å². The molecule has 0 saturated carbocycles. The molecule has 0 aliphatic carbocycles. The quantitative estimate of drug-likeness (QED) is 0.538. The van der Waals surface area contributed by atoms with E-state index in [1.54, 1.807) is 0 Å². The van der Waals surface area contributed by atoms with Gasteiger partial charge in [0.25, 0.3) is 0 Å². The molecule has 1 aromatic rings. The van der Waals surface area contributed by atoms with Crippen LogP contribution in [0.25, 0.3) is 0 Å². The molecule has 0 bridgehead atoms. The lowest BCUT2D eigenvalue weighted by molar-refractivity contribution is 0.494. The summed E-state index contributed by atoms with van der Waals surface area (Å²) in [6.45, 7) is 9.89. The van der Waals surface area contributed by atoms with Crippen molar-refractivity contribution in [3.8, 4) is 0 Å².